The summed E-state index contributed by atoms with van der Waals surface area (Å²) in [5.74, 6) is 0. The molecule has 0 unspecified atom stereocenters. The van der Waals surface area contributed by atoms with Crippen molar-refractivity contribution >= 4 is 71.7 Å². The number of anilines is 3. The maximum absolute atomic E-state index is 6.44. The minimum absolute atomic E-state index is 0.879. The molecule has 0 N–H and O–H groups in total. The van der Waals surface area contributed by atoms with Crippen LogP contribution >= 0.6 is 0 Å². The van der Waals surface area contributed by atoms with Gasteiger partial charge in [-0.2, -0.15) is 0 Å². The van der Waals surface area contributed by atoms with Gasteiger partial charge in [-0.05, 0) is 59.3 Å². The molecule has 0 amide bonds. The first kappa shape index (κ1) is 20.2. The van der Waals surface area contributed by atoms with Gasteiger partial charge in [-0.25, -0.2) is 0 Å². The third-order valence-electron chi connectivity index (χ3n) is 7.24. The fourth-order valence-electron chi connectivity index (χ4n) is 5.59. The van der Waals surface area contributed by atoms with Gasteiger partial charge >= 0.3 is 0 Å². The standard InChI is InChI=1S/C34H21NO2/c1-2-9-23(10-3-1)35(29-14-8-13-27-26-11-4-6-15-30(26)37-34(27)29)24-18-19-25-22(21-24)17-20-32-33(25)28-12-5-7-16-31(28)36-32/h1-21H. The molecule has 0 aliphatic heterocycles. The third-order valence-corrected chi connectivity index (χ3v) is 7.24. The molecule has 0 saturated carbocycles. The highest BCUT2D eigenvalue weighted by Gasteiger charge is 2.20. The SMILES string of the molecule is c1ccc(N(c2ccc3c(ccc4oc5ccccc5c43)c2)c2cccc3c2oc2ccccc23)cc1. The number of benzene rings is 6. The lowest BCUT2D eigenvalue weighted by Crippen LogP contribution is -2.10. The van der Waals surface area contributed by atoms with Gasteiger partial charge in [0.05, 0.1) is 5.69 Å². The number of nitrogens with zero attached hydrogens (tertiary/aromatic N) is 1. The zero-order valence-electron chi connectivity index (χ0n) is 19.9. The van der Waals surface area contributed by atoms with Gasteiger partial charge in [0.2, 0.25) is 0 Å². The molecule has 0 aliphatic carbocycles. The highest BCUT2D eigenvalue weighted by atomic mass is 16.3. The van der Waals surface area contributed by atoms with Crippen molar-refractivity contribution in [3.05, 3.63) is 127 Å². The molecule has 174 valence electrons. The van der Waals surface area contributed by atoms with Gasteiger partial charge < -0.3 is 13.7 Å². The van der Waals surface area contributed by atoms with Crippen molar-refractivity contribution in [3.8, 4) is 0 Å². The molecule has 37 heavy (non-hydrogen) atoms. The van der Waals surface area contributed by atoms with E-state index in [1.54, 1.807) is 0 Å². The Labute approximate surface area is 212 Å². The maximum atomic E-state index is 6.44. The molecule has 6 aromatic carbocycles. The Morgan fingerprint density at radius 2 is 1.16 bits per heavy atom. The summed E-state index contributed by atoms with van der Waals surface area (Å²) in [7, 11) is 0. The summed E-state index contributed by atoms with van der Waals surface area (Å²) < 4.78 is 12.6. The lowest BCUT2D eigenvalue weighted by Gasteiger charge is -2.25. The summed E-state index contributed by atoms with van der Waals surface area (Å²) in [6.07, 6.45) is 0. The molecular weight excluding hydrogens is 454 g/mol. The van der Waals surface area contributed by atoms with Gasteiger partial charge in [0.25, 0.3) is 0 Å². The summed E-state index contributed by atoms with van der Waals surface area (Å²) in [5, 5.41) is 6.88. The normalized spacial score (nSPS) is 11.8. The smallest absolute Gasteiger partial charge is 0.159 e. The number of hydrogen-bond acceptors (Lipinski definition) is 3. The topological polar surface area (TPSA) is 29.5 Å². The highest BCUT2D eigenvalue weighted by Crippen LogP contribution is 2.43. The zero-order chi connectivity index (χ0) is 24.3. The van der Waals surface area contributed by atoms with E-state index < -0.39 is 0 Å². The number of para-hydroxylation sites is 4. The van der Waals surface area contributed by atoms with Crippen LogP contribution in [-0.4, -0.2) is 0 Å². The van der Waals surface area contributed by atoms with Gasteiger partial charge in [-0.3, -0.25) is 0 Å². The minimum atomic E-state index is 0.879. The van der Waals surface area contributed by atoms with Crippen LogP contribution in [0.3, 0.4) is 0 Å². The van der Waals surface area contributed by atoms with E-state index >= 15 is 0 Å². The lowest BCUT2D eigenvalue weighted by atomic mass is 10.0. The number of hydrogen-bond donors (Lipinski definition) is 0. The van der Waals surface area contributed by atoms with Crippen molar-refractivity contribution in [3.63, 3.8) is 0 Å². The van der Waals surface area contributed by atoms with Crippen molar-refractivity contribution in [1.82, 2.24) is 0 Å². The van der Waals surface area contributed by atoms with E-state index in [1.165, 1.54) is 5.39 Å². The van der Waals surface area contributed by atoms with Crippen LogP contribution < -0.4 is 4.90 Å². The second kappa shape index (κ2) is 7.74. The van der Waals surface area contributed by atoms with Crippen LogP contribution in [0.5, 0.6) is 0 Å². The predicted octanol–water partition coefficient (Wildman–Crippen LogP) is 10.1. The Balaban J connectivity index is 1.40. The van der Waals surface area contributed by atoms with Crippen LogP contribution in [0.15, 0.2) is 136 Å². The predicted molar refractivity (Wildman–Crippen MR) is 153 cm³/mol. The first-order chi connectivity index (χ1) is 18.3. The molecule has 0 saturated heterocycles. The molecule has 2 heterocycles. The van der Waals surface area contributed by atoms with Crippen LogP contribution in [0.4, 0.5) is 17.1 Å². The van der Waals surface area contributed by atoms with E-state index in [1.807, 2.05) is 30.3 Å². The fourth-order valence-corrected chi connectivity index (χ4v) is 5.59. The fraction of sp³-hybridized carbons (Fsp3) is 0. The summed E-state index contributed by atoms with van der Waals surface area (Å²) in [6.45, 7) is 0. The Hall–Kier alpha value is -5.02. The van der Waals surface area contributed by atoms with Crippen molar-refractivity contribution < 1.29 is 8.83 Å². The number of rotatable bonds is 3. The zero-order valence-corrected chi connectivity index (χ0v) is 19.9. The lowest BCUT2D eigenvalue weighted by molar-refractivity contribution is 0.669. The van der Waals surface area contributed by atoms with Crippen LogP contribution in [-0.2, 0) is 0 Å². The van der Waals surface area contributed by atoms with Crippen molar-refractivity contribution in [2.75, 3.05) is 4.90 Å². The van der Waals surface area contributed by atoms with Crippen LogP contribution in [0.1, 0.15) is 0 Å². The molecule has 8 rings (SSSR count). The summed E-state index contributed by atoms with van der Waals surface area (Å²) in [4.78, 5) is 2.28. The number of fused-ring (bicyclic) bond motifs is 8. The molecule has 0 bridgehead atoms. The average molecular weight is 476 g/mol. The Kier molecular flexibility index (Phi) is 4.23. The Bertz CT molecular complexity index is 2100. The molecule has 0 aliphatic rings. The van der Waals surface area contributed by atoms with Crippen LogP contribution in [0.2, 0.25) is 0 Å². The highest BCUT2D eigenvalue weighted by molar-refractivity contribution is 6.19. The molecule has 3 nitrogen and oxygen atoms in total. The van der Waals surface area contributed by atoms with E-state index in [4.69, 9.17) is 8.83 Å². The van der Waals surface area contributed by atoms with E-state index in [0.717, 1.165) is 66.3 Å². The second-order valence-corrected chi connectivity index (χ2v) is 9.37. The molecule has 0 radical (unpaired) electrons. The largest absolute Gasteiger partial charge is 0.456 e. The van der Waals surface area contributed by atoms with E-state index in [-0.39, 0.29) is 0 Å². The molecule has 0 atom stereocenters. The molecule has 3 heteroatoms. The van der Waals surface area contributed by atoms with Crippen molar-refractivity contribution in [1.29, 1.82) is 0 Å². The molecular formula is C34H21NO2. The number of furan rings is 2. The molecule has 2 aromatic heterocycles. The van der Waals surface area contributed by atoms with Crippen LogP contribution in [0.25, 0.3) is 54.6 Å². The first-order valence-corrected chi connectivity index (χ1v) is 12.4. The van der Waals surface area contributed by atoms with E-state index in [9.17, 15) is 0 Å². The van der Waals surface area contributed by atoms with Gasteiger partial charge in [0.15, 0.2) is 5.58 Å². The average Bonchev–Trinajstić information content (AvgIpc) is 3.53. The second-order valence-electron chi connectivity index (χ2n) is 9.37. The Morgan fingerprint density at radius 3 is 2.03 bits per heavy atom. The summed E-state index contributed by atoms with van der Waals surface area (Å²) in [5.41, 5.74) is 6.75. The molecule has 0 fully saturated rings. The minimum Gasteiger partial charge on any atom is -0.456 e. The van der Waals surface area contributed by atoms with Gasteiger partial charge in [0.1, 0.15) is 16.7 Å². The maximum Gasteiger partial charge on any atom is 0.159 e. The summed E-state index contributed by atoms with van der Waals surface area (Å²) >= 11 is 0. The third kappa shape index (κ3) is 3.01. The Morgan fingerprint density at radius 1 is 0.432 bits per heavy atom. The van der Waals surface area contributed by atoms with Gasteiger partial charge in [-0.15, -0.1) is 0 Å². The van der Waals surface area contributed by atoms with Gasteiger partial charge in [-0.1, -0.05) is 78.9 Å². The van der Waals surface area contributed by atoms with E-state index in [0.29, 0.717) is 0 Å². The molecule has 8 aromatic rings. The quantitative estimate of drug-likeness (QED) is 0.255. The van der Waals surface area contributed by atoms with Crippen molar-refractivity contribution in [2.24, 2.45) is 0 Å². The monoisotopic (exact) mass is 475 g/mol. The van der Waals surface area contributed by atoms with E-state index in [2.05, 4.69) is 102 Å². The van der Waals surface area contributed by atoms with Crippen LogP contribution in [0, 0.1) is 0 Å². The van der Waals surface area contributed by atoms with Gasteiger partial charge in [0, 0.05) is 32.9 Å². The summed E-state index contributed by atoms with van der Waals surface area (Å²) in [6, 6.07) is 44.2. The molecule has 0 spiro atoms. The first-order valence-electron chi connectivity index (χ1n) is 12.4. The van der Waals surface area contributed by atoms with Crippen molar-refractivity contribution in [2.45, 2.75) is 0 Å².